The number of hydrogen-bond donors (Lipinski definition) is 0. The van der Waals surface area contributed by atoms with Crippen LogP contribution in [0.1, 0.15) is 27.2 Å². The Morgan fingerprint density at radius 2 is 1.92 bits per heavy atom. The van der Waals surface area contributed by atoms with Crippen LogP contribution in [0, 0.1) is 12.0 Å². The minimum Gasteiger partial charge on any atom is -0.507 e. The summed E-state index contributed by atoms with van der Waals surface area (Å²) in [5, 5.41) is 0. The van der Waals surface area contributed by atoms with Gasteiger partial charge in [0.25, 0.3) is 0 Å². The Morgan fingerprint density at radius 1 is 1.38 bits per heavy atom. The zero-order valence-corrected chi connectivity index (χ0v) is 12.2. The normalized spacial score (nSPS) is 30.4. The average molecular weight is 380 g/mol. The van der Waals surface area contributed by atoms with Gasteiger partial charge < -0.3 is 10.4 Å². The van der Waals surface area contributed by atoms with Crippen molar-refractivity contribution in [1.82, 2.24) is 0 Å². The van der Waals surface area contributed by atoms with E-state index >= 15 is 0 Å². The van der Waals surface area contributed by atoms with Crippen LogP contribution in [0.4, 0.5) is 0 Å². The SMILES string of the molecule is CCP1(=O)C[C-](C)C[C-](C)O1.[Rh].[Rh]. The summed E-state index contributed by atoms with van der Waals surface area (Å²) in [7, 11) is -2.28. The van der Waals surface area contributed by atoms with Crippen molar-refractivity contribution in [1.29, 1.82) is 0 Å². The van der Waals surface area contributed by atoms with Crippen molar-refractivity contribution in [3.63, 3.8) is 0 Å². The van der Waals surface area contributed by atoms with Gasteiger partial charge in [-0.05, 0) is 0 Å². The Kier molecular flexibility index (Phi) is 8.86. The Bertz CT molecular complexity index is 173. The second-order valence-corrected chi connectivity index (χ2v) is 5.98. The van der Waals surface area contributed by atoms with E-state index in [1.165, 1.54) is 5.92 Å². The van der Waals surface area contributed by atoms with Gasteiger partial charge in [-0.1, -0.05) is 6.92 Å². The summed E-state index contributed by atoms with van der Waals surface area (Å²) in [4.78, 5) is 0. The molecule has 1 unspecified atom stereocenters. The zero-order valence-electron chi connectivity index (χ0n) is 8.05. The maximum absolute atomic E-state index is 11.8. The molecule has 13 heavy (non-hydrogen) atoms. The molecule has 5 heteroatoms. The van der Waals surface area contributed by atoms with Crippen LogP contribution in [-0.4, -0.2) is 12.3 Å². The second kappa shape index (κ2) is 6.84. The predicted octanol–water partition coefficient (Wildman–Crippen LogP) is 2.85. The van der Waals surface area contributed by atoms with E-state index in [2.05, 4.69) is 0 Å². The molecule has 0 aromatic rings. The second-order valence-electron chi connectivity index (χ2n) is 3.22. The van der Waals surface area contributed by atoms with Gasteiger partial charge in [-0.25, -0.2) is 6.10 Å². The van der Waals surface area contributed by atoms with E-state index in [0.29, 0.717) is 12.3 Å². The molecule has 2 nitrogen and oxygen atoms in total. The van der Waals surface area contributed by atoms with Crippen LogP contribution in [0.2, 0.25) is 0 Å². The number of rotatable bonds is 1. The molecule has 1 rings (SSSR count). The summed E-state index contributed by atoms with van der Waals surface area (Å²) in [6.45, 7) is 5.88. The summed E-state index contributed by atoms with van der Waals surface area (Å²) >= 11 is 0. The molecule has 84 valence electrons. The van der Waals surface area contributed by atoms with Crippen molar-refractivity contribution in [3.05, 3.63) is 12.0 Å². The van der Waals surface area contributed by atoms with E-state index in [9.17, 15) is 4.57 Å². The summed E-state index contributed by atoms with van der Waals surface area (Å²) in [5.41, 5.74) is 0. The van der Waals surface area contributed by atoms with Crippen molar-refractivity contribution in [2.45, 2.75) is 27.2 Å². The molecule has 0 aromatic carbocycles. The Hall–Kier alpha value is 1.44. The maximum Gasteiger partial charge on any atom is 0.145 e. The predicted molar refractivity (Wildman–Crippen MR) is 46.6 cm³/mol. The Balaban J connectivity index is 0. The third-order valence-corrected chi connectivity index (χ3v) is 4.50. The van der Waals surface area contributed by atoms with E-state index < -0.39 is 7.37 Å². The van der Waals surface area contributed by atoms with Gasteiger partial charge in [0.15, 0.2) is 0 Å². The molecule has 1 fully saturated rings. The van der Waals surface area contributed by atoms with Gasteiger partial charge >= 0.3 is 0 Å². The first-order valence-electron chi connectivity index (χ1n) is 3.97. The van der Waals surface area contributed by atoms with Crippen molar-refractivity contribution in [2.75, 3.05) is 12.3 Å². The van der Waals surface area contributed by atoms with E-state index in [0.717, 1.165) is 12.5 Å². The molecule has 0 spiro atoms. The van der Waals surface area contributed by atoms with Crippen LogP contribution in [0.25, 0.3) is 0 Å². The molecule has 2 radical (unpaired) electrons. The molecule has 1 saturated heterocycles. The molecule has 0 aromatic heterocycles. The molecule has 1 aliphatic rings. The Labute approximate surface area is 107 Å². The average Bonchev–Trinajstić information content (AvgIpc) is 1.84. The molecule has 1 heterocycles. The van der Waals surface area contributed by atoms with Gasteiger partial charge in [-0.3, -0.25) is 11.0 Å². The topological polar surface area (TPSA) is 26.3 Å². The first-order chi connectivity index (χ1) is 5.06. The van der Waals surface area contributed by atoms with E-state index in [-0.39, 0.29) is 39.0 Å². The fourth-order valence-electron chi connectivity index (χ4n) is 1.42. The van der Waals surface area contributed by atoms with Gasteiger partial charge in [0, 0.05) is 45.1 Å². The fraction of sp³-hybridized carbons (Fsp3) is 0.750. The van der Waals surface area contributed by atoms with Crippen LogP contribution in [0.3, 0.4) is 0 Å². The monoisotopic (exact) mass is 380 g/mol. The maximum atomic E-state index is 11.8. The van der Waals surface area contributed by atoms with Gasteiger partial charge in [0.1, 0.15) is 7.37 Å². The number of hydrogen-bond acceptors (Lipinski definition) is 2. The molecule has 0 N–H and O–H groups in total. The van der Waals surface area contributed by atoms with Crippen LogP contribution in [0.15, 0.2) is 0 Å². The van der Waals surface area contributed by atoms with E-state index in [1.807, 2.05) is 20.8 Å². The summed E-state index contributed by atoms with van der Waals surface area (Å²) in [6.07, 6.45) is 3.14. The van der Waals surface area contributed by atoms with Crippen molar-refractivity contribution < 1.29 is 48.0 Å². The Morgan fingerprint density at radius 3 is 2.31 bits per heavy atom. The molecule has 1 aliphatic heterocycles. The van der Waals surface area contributed by atoms with Crippen molar-refractivity contribution in [2.24, 2.45) is 0 Å². The minimum absolute atomic E-state index is 0. The summed E-state index contributed by atoms with van der Waals surface area (Å²) in [5.74, 6) is 1.29. The summed E-state index contributed by atoms with van der Waals surface area (Å²) < 4.78 is 17.1. The van der Waals surface area contributed by atoms with Gasteiger partial charge in [0.05, 0.1) is 0 Å². The van der Waals surface area contributed by atoms with E-state index in [4.69, 9.17) is 4.52 Å². The smallest absolute Gasteiger partial charge is 0.145 e. The molecule has 0 amide bonds. The fourth-order valence-corrected chi connectivity index (χ4v) is 3.40. The van der Waals surface area contributed by atoms with Crippen LogP contribution < -0.4 is 0 Å². The molecule has 0 saturated carbocycles. The molecular weight excluding hydrogens is 365 g/mol. The van der Waals surface area contributed by atoms with Gasteiger partial charge in [-0.2, -0.15) is 13.8 Å². The largest absolute Gasteiger partial charge is 0.507 e. The standard InChI is InChI=1S/C8H15O2P.2Rh/c1-4-11(9)6-7(2)5-8(3)10-11;;/h4-6H2,1-3H3;;/q-2;;. The van der Waals surface area contributed by atoms with Gasteiger partial charge in [0.2, 0.25) is 0 Å². The quantitative estimate of drug-likeness (QED) is 0.398. The third kappa shape index (κ3) is 5.17. The van der Waals surface area contributed by atoms with Crippen molar-refractivity contribution in [3.8, 4) is 0 Å². The molecule has 1 atom stereocenters. The minimum atomic E-state index is -2.28. The first kappa shape index (κ1) is 16.9. The molecule has 0 bridgehead atoms. The van der Waals surface area contributed by atoms with E-state index in [1.54, 1.807) is 0 Å². The van der Waals surface area contributed by atoms with Crippen molar-refractivity contribution >= 4 is 7.37 Å². The summed E-state index contributed by atoms with van der Waals surface area (Å²) in [6, 6.07) is 0. The van der Waals surface area contributed by atoms with Gasteiger partial charge in [-0.15, -0.1) is 6.16 Å². The van der Waals surface area contributed by atoms with Crippen LogP contribution >= 0.6 is 7.37 Å². The van der Waals surface area contributed by atoms with Crippen LogP contribution in [-0.2, 0) is 48.0 Å². The van der Waals surface area contributed by atoms with Crippen LogP contribution in [0.5, 0.6) is 0 Å². The molecular formula is C8H15O2PRh2-2. The first-order valence-corrected chi connectivity index (χ1v) is 5.96. The molecule has 0 aliphatic carbocycles. The third-order valence-electron chi connectivity index (χ3n) is 1.87. The zero-order chi connectivity index (χ0) is 8.48.